The molecule has 0 aliphatic carbocycles. The molecule has 0 fully saturated rings. The number of aromatic hydroxyl groups is 4. The summed E-state index contributed by atoms with van der Waals surface area (Å²) in [5, 5.41) is 71.3. The summed E-state index contributed by atoms with van der Waals surface area (Å²) in [7, 11) is 0. The molecule has 0 aliphatic heterocycles. The maximum atomic E-state index is 10.6. The van der Waals surface area contributed by atoms with Crippen LogP contribution in [0, 0.1) is 0 Å². The van der Waals surface area contributed by atoms with Crippen LogP contribution < -0.4 is 5.73 Å². The Morgan fingerprint density at radius 3 is 1.92 bits per heavy atom. The fourth-order valence-electron chi connectivity index (χ4n) is 3.22. The number of hydrogen-bond donors (Lipinski definition) is 10. The number of phenolic OH excluding ortho intramolecular Hbond substituents is 4. The van der Waals surface area contributed by atoms with Crippen molar-refractivity contribution in [3.05, 3.63) is 84.1 Å². The molecule has 39 heavy (non-hydrogen) atoms. The van der Waals surface area contributed by atoms with Crippen LogP contribution in [0.15, 0.2) is 72.9 Å². The quantitative estimate of drug-likeness (QED) is 0.119. The number of aromatic amines is 1. The second kappa shape index (κ2) is 14.2. The molecule has 2 atom stereocenters. The van der Waals surface area contributed by atoms with E-state index in [0.29, 0.717) is 5.56 Å². The molecule has 13 nitrogen and oxygen atoms in total. The van der Waals surface area contributed by atoms with Crippen LogP contribution in [-0.2, 0) is 22.4 Å². The maximum Gasteiger partial charge on any atom is 0.326 e. The van der Waals surface area contributed by atoms with Gasteiger partial charge >= 0.3 is 11.9 Å². The molecule has 208 valence electrons. The van der Waals surface area contributed by atoms with Gasteiger partial charge in [0.15, 0.2) is 29.0 Å². The van der Waals surface area contributed by atoms with Crippen LogP contribution in [0.5, 0.6) is 23.0 Å². The number of hydrogen-bond acceptors (Lipinski definition) is 10. The predicted octanol–water partition coefficient (Wildman–Crippen LogP) is 2.39. The largest absolute Gasteiger partial charge is 0.504 e. The Morgan fingerprint density at radius 1 is 0.744 bits per heavy atom. The molecular formula is C26H29N3O10. The van der Waals surface area contributed by atoms with Crippen molar-refractivity contribution in [3.8, 4) is 23.0 Å². The van der Waals surface area contributed by atoms with Gasteiger partial charge in [-0.2, -0.15) is 0 Å². The zero-order valence-electron chi connectivity index (χ0n) is 20.4. The smallest absolute Gasteiger partial charge is 0.326 e. The van der Waals surface area contributed by atoms with E-state index in [0.717, 1.165) is 16.5 Å². The number of nitrogens with one attached hydrogen (secondary N) is 1. The number of phenols is 4. The first-order chi connectivity index (χ1) is 18.4. The number of aliphatic carboxylic acids is 2. The summed E-state index contributed by atoms with van der Waals surface area (Å²) < 4.78 is 0. The highest BCUT2D eigenvalue weighted by Gasteiger charge is 2.23. The van der Waals surface area contributed by atoms with Gasteiger partial charge in [0.05, 0.1) is 0 Å². The summed E-state index contributed by atoms with van der Waals surface area (Å²) in [5.41, 5.74) is 7.41. The van der Waals surface area contributed by atoms with Gasteiger partial charge in [-0.05, 0) is 41.8 Å². The number of aromatic nitrogens is 1. The molecule has 1 aromatic heterocycles. The summed E-state index contributed by atoms with van der Waals surface area (Å²) in [6.45, 7) is 0. The molecule has 4 rings (SSSR count). The molecule has 0 unspecified atom stereocenters. The van der Waals surface area contributed by atoms with E-state index in [2.05, 4.69) is 4.98 Å². The number of nitrogens with zero attached hydrogens (tertiary/aromatic N) is 1. The standard InChI is InChI=1S/2C9H11NO4.C8H7NO2/c10-6(9(13)14)3-5-1-2-7(11)8(12)4-5;11-9(12)8(10(13)14)6-7-4-2-1-3-5-7;10-7-3-5-1-2-9-6(5)4-8(7)11/h1-2,4,6,11-12H,3,10H2,(H,13,14);1-5,8,13-14H,6H2,(H,11,12);1-4,9-11H/t6-;8-;/m00./s1. The van der Waals surface area contributed by atoms with Gasteiger partial charge in [0.1, 0.15) is 6.04 Å². The number of carbonyl (C=O) groups is 2. The van der Waals surface area contributed by atoms with E-state index in [9.17, 15) is 9.59 Å². The molecule has 0 amide bonds. The minimum Gasteiger partial charge on any atom is -0.504 e. The van der Waals surface area contributed by atoms with Crippen LogP contribution >= 0.6 is 0 Å². The molecule has 4 aromatic rings. The summed E-state index contributed by atoms with van der Waals surface area (Å²) >= 11 is 0. The van der Waals surface area contributed by atoms with E-state index in [1.165, 1.54) is 30.3 Å². The molecular weight excluding hydrogens is 514 g/mol. The zero-order valence-corrected chi connectivity index (χ0v) is 20.4. The Kier molecular flexibility index (Phi) is 11.1. The Hall–Kier alpha value is -4.82. The van der Waals surface area contributed by atoms with Crippen molar-refractivity contribution >= 4 is 22.8 Å². The summed E-state index contributed by atoms with van der Waals surface area (Å²) in [5.74, 6) is -3.08. The number of fused-ring (bicyclic) bond motifs is 1. The van der Waals surface area contributed by atoms with Crippen LogP contribution in [0.4, 0.5) is 0 Å². The van der Waals surface area contributed by atoms with Crippen molar-refractivity contribution in [3.63, 3.8) is 0 Å². The molecule has 0 aliphatic rings. The first-order valence-electron chi connectivity index (χ1n) is 11.3. The Labute approximate surface area is 221 Å². The molecule has 3 aromatic carbocycles. The fraction of sp³-hybridized carbons (Fsp3) is 0.154. The predicted molar refractivity (Wildman–Crippen MR) is 138 cm³/mol. The van der Waals surface area contributed by atoms with Gasteiger partial charge in [-0.25, -0.2) is 0 Å². The van der Waals surface area contributed by atoms with E-state index in [4.69, 9.17) is 46.8 Å². The normalized spacial score (nSPS) is 12.0. The van der Waals surface area contributed by atoms with E-state index in [-0.39, 0.29) is 41.1 Å². The third kappa shape index (κ3) is 9.53. The van der Waals surface area contributed by atoms with Gasteiger partial charge < -0.3 is 41.4 Å². The molecule has 0 saturated heterocycles. The average molecular weight is 544 g/mol. The van der Waals surface area contributed by atoms with Crippen LogP contribution in [0.2, 0.25) is 0 Å². The molecule has 0 spiro atoms. The second-order valence-electron chi connectivity index (χ2n) is 8.24. The highest BCUT2D eigenvalue weighted by molar-refractivity contribution is 5.82. The molecule has 13 heteroatoms. The van der Waals surface area contributed by atoms with Crippen molar-refractivity contribution in [2.24, 2.45) is 5.73 Å². The number of benzene rings is 3. The van der Waals surface area contributed by atoms with Crippen molar-refractivity contribution < 1.29 is 50.6 Å². The van der Waals surface area contributed by atoms with Crippen LogP contribution in [-0.4, -0.2) is 75.3 Å². The van der Waals surface area contributed by atoms with Crippen molar-refractivity contribution in [2.45, 2.75) is 24.9 Å². The Bertz CT molecular complexity index is 1340. The van der Waals surface area contributed by atoms with E-state index in [1.807, 2.05) is 6.07 Å². The Balaban J connectivity index is 0.000000206. The third-order valence-electron chi connectivity index (χ3n) is 5.30. The maximum absolute atomic E-state index is 10.6. The van der Waals surface area contributed by atoms with E-state index < -0.39 is 24.0 Å². The van der Waals surface area contributed by atoms with Gasteiger partial charge in [-0.15, -0.1) is 0 Å². The highest BCUT2D eigenvalue weighted by atomic mass is 16.8. The molecule has 11 N–H and O–H groups in total. The monoisotopic (exact) mass is 543 g/mol. The topological polar surface area (TPSA) is 241 Å². The average Bonchev–Trinajstić information content (AvgIpc) is 3.33. The lowest BCUT2D eigenvalue weighted by Gasteiger charge is -2.15. The van der Waals surface area contributed by atoms with Gasteiger partial charge in [-0.1, -0.05) is 41.6 Å². The molecule has 1 heterocycles. The molecule has 0 bridgehead atoms. The van der Waals surface area contributed by atoms with Crippen LogP contribution in [0.1, 0.15) is 11.1 Å². The highest BCUT2D eigenvalue weighted by Crippen LogP contribution is 2.29. The first kappa shape index (κ1) is 30.4. The number of rotatable bonds is 7. The van der Waals surface area contributed by atoms with E-state index >= 15 is 0 Å². The number of carboxylic acid groups (broad SMARTS) is 2. The summed E-state index contributed by atoms with van der Waals surface area (Å²) in [6.07, 6.45) is 1.91. The van der Waals surface area contributed by atoms with Gasteiger partial charge in [0, 0.05) is 29.6 Å². The summed E-state index contributed by atoms with van der Waals surface area (Å²) in [6, 6.07) is 15.3. The van der Waals surface area contributed by atoms with Crippen molar-refractivity contribution in [1.29, 1.82) is 0 Å². The number of H-pyrrole nitrogens is 1. The number of nitrogens with two attached hydrogens (primary N) is 1. The second-order valence-corrected chi connectivity index (χ2v) is 8.24. The number of hydroxylamine groups is 2. The van der Waals surface area contributed by atoms with Crippen molar-refractivity contribution in [2.75, 3.05) is 0 Å². The lowest BCUT2D eigenvalue weighted by molar-refractivity contribution is -0.327. The minimum atomic E-state index is -1.34. The fourth-order valence-corrected chi connectivity index (χ4v) is 3.22. The van der Waals surface area contributed by atoms with Crippen molar-refractivity contribution in [1.82, 2.24) is 10.2 Å². The molecule has 0 radical (unpaired) electrons. The number of carboxylic acids is 2. The lowest BCUT2D eigenvalue weighted by atomic mass is 10.1. The Morgan fingerprint density at radius 2 is 1.36 bits per heavy atom. The van der Waals surface area contributed by atoms with Crippen LogP contribution in [0.3, 0.4) is 0 Å². The minimum absolute atomic E-state index is 0.0448. The SMILES string of the molecule is N[C@@H](Cc1ccc(O)c(O)c1)C(=O)O.O=C(O)[C@H](Cc1ccccc1)N(O)O.Oc1cc2cc[nH]c2cc1O. The first-order valence-corrected chi connectivity index (χ1v) is 11.3. The van der Waals surface area contributed by atoms with Gasteiger partial charge in [-0.3, -0.25) is 20.0 Å². The third-order valence-corrected chi connectivity index (χ3v) is 5.30. The van der Waals surface area contributed by atoms with Gasteiger partial charge in [0.2, 0.25) is 0 Å². The van der Waals surface area contributed by atoms with Crippen LogP contribution in [0.25, 0.3) is 10.9 Å². The van der Waals surface area contributed by atoms with Gasteiger partial charge in [0.25, 0.3) is 0 Å². The van der Waals surface area contributed by atoms with E-state index in [1.54, 1.807) is 36.5 Å². The summed E-state index contributed by atoms with van der Waals surface area (Å²) in [4.78, 5) is 23.9. The lowest BCUT2D eigenvalue weighted by Crippen LogP contribution is -2.38. The zero-order chi connectivity index (χ0) is 29.1. The molecule has 0 saturated carbocycles.